The first kappa shape index (κ1) is 13.1. The first-order valence-electron chi connectivity index (χ1n) is 5.88. The van der Waals surface area contributed by atoms with Crippen molar-refractivity contribution in [3.8, 4) is 5.75 Å². The number of aromatic nitrogens is 1. The van der Waals surface area contributed by atoms with Crippen molar-refractivity contribution in [3.63, 3.8) is 0 Å². The monoisotopic (exact) mass is 261 g/mol. The van der Waals surface area contributed by atoms with Gasteiger partial charge in [-0.25, -0.2) is 9.37 Å². The molecule has 0 amide bonds. The minimum Gasteiger partial charge on any atom is -0.496 e. The van der Waals surface area contributed by atoms with Gasteiger partial charge in [0.1, 0.15) is 17.4 Å². The molecule has 2 aromatic rings. The summed E-state index contributed by atoms with van der Waals surface area (Å²) in [6, 6.07) is 6.26. The highest BCUT2D eigenvalue weighted by Gasteiger charge is 2.05. The number of hydrogen-bond donors (Lipinski definition) is 2. The number of nitrogen functional groups attached to an aromatic ring is 1. The van der Waals surface area contributed by atoms with Crippen LogP contribution in [0.4, 0.5) is 15.9 Å². The van der Waals surface area contributed by atoms with Crippen molar-refractivity contribution in [1.82, 2.24) is 4.98 Å². The highest BCUT2D eigenvalue weighted by atomic mass is 19.1. The Balaban J connectivity index is 2.13. The van der Waals surface area contributed by atoms with Gasteiger partial charge in [-0.15, -0.1) is 0 Å². The Morgan fingerprint density at radius 1 is 1.37 bits per heavy atom. The molecule has 0 saturated heterocycles. The summed E-state index contributed by atoms with van der Waals surface area (Å²) in [5.41, 5.74) is 8.03. The number of pyridine rings is 1. The van der Waals surface area contributed by atoms with Gasteiger partial charge >= 0.3 is 0 Å². The molecule has 1 aromatic carbocycles. The second-order valence-electron chi connectivity index (χ2n) is 4.24. The van der Waals surface area contributed by atoms with Crippen LogP contribution in [-0.4, -0.2) is 12.1 Å². The lowest BCUT2D eigenvalue weighted by Gasteiger charge is -2.11. The average molecular weight is 261 g/mol. The molecule has 0 unspecified atom stereocenters. The zero-order valence-corrected chi connectivity index (χ0v) is 10.9. The van der Waals surface area contributed by atoms with Crippen LogP contribution in [0.5, 0.6) is 5.75 Å². The summed E-state index contributed by atoms with van der Waals surface area (Å²) in [5, 5.41) is 3.12. The zero-order chi connectivity index (χ0) is 13.8. The van der Waals surface area contributed by atoms with Crippen molar-refractivity contribution in [2.75, 3.05) is 18.2 Å². The number of rotatable bonds is 4. The molecule has 100 valence electrons. The van der Waals surface area contributed by atoms with Gasteiger partial charge in [0.25, 0.3) is 0 Å². The Hall–Kier alpha value is -2.30. The zero-order valence-electron chi connectivity index (χ0n) is 10.9. The third-order valence-electron chi connectivity index (χ3n) is 2.85. The van der Waals surface area contributed by atoms with E-state index >= 15 is 0 Å². The number of benzene rings is 1. The number of methoxy groups -OCH3 is 1. The van der Waals surface area contributed by atoms with E-state index in [9.17, 15) is 4.39 Å². The van der Waals surface area contributed by atoms with E-state index in [0.29, 0.717) is 23.8 Å². The Kier molecular flexibility index (Phi) is 3.85. The van der Waals surface area contributed by atoms with Gasteiger partial charge in [0, 0.05) is 12.1 Å². The van der Waals surface area contributed by atoms with Gasteiger partial charge in [-0.2, -0.15) is 0 Å². The topological polar surface area (TPSA) is 60.2 Å². The Morgan fingerprint density at radius 3 is 2.84 bits per heavy atom. The summed E-state index contributed by atoms with van der Waals surface area (Å²) in [4.78, 5) is 4.16. The highest BCUT2D eigenvalue weighted by Crippen LogP contribution is 2.21. The molecule has 0 radical (unpaired) electrons. The third-order valence-corrected chi connectivity index (χ3v) is 2.85. The van der Waals surface area contributed by atoms with Crippen LogP contribution in [0.15, 0.2) is 30.5 Å². The van der Waals surface area contributed by atoms with E-state index in [2.05, 4.69) is 10.3 Å². The van der Waals surface area contributed by atoms with Crippen molar-refractivity contribution < 1.29 is 9.13 Å². The van der Waals surface area contributed by atoms with E-state index in [1.165, 1.54) is 12.1 Å². The van der Waals surface area contributed by atoms with Crippen molar-refractivity contribution >= 4 is 11.5 Å². The van der Waals surface area contributed by atoms with Crippen molar-refractivity contribution in [1.29, 1.82) is 0 Å². The van der Waals surface area contributed by atoms with Gasteiger partial charge in [-0.05, 0) is 36.8 Å². The van der Waals surface area contributed by atoms with Crippen LogP contribution in [0.2, 0.25) is 0 Å². The van der Waals surface area contributed by atoms with Crippen molar-refractivity contribution in [2.45, 2.75) is 13.5 Å². The van der Waals surface area contributed by atoms with Gasteiger partial charge in [-0.1, -0.05) is 0 Å². The Labute approximate surface area is 111 Å². The lowest BCUT2D eigenvalue weighted by Crippen LogP contribution is -2.04. The largest absolute Gasteiger partial charge is 0.496 e. The molecule has 0 aliphatic carbocycles. The number of halogens is 1. The fourth-order valence-electron chi connectivity index (χ4n) is 1.73. The minimum atomic E-state index is -0.293. The van der Waals surface area contributed by atoms with Gasteiger partial charge < -0.3 is 15.8 Å². The van der Waals surface area contributed by atoms with E-state index in [1.807, 2.05) is 13.0 Å². The van der Waals surface area contributed by atoms with Crippen LogP contribution in [-0.2, 0) is 6.54 Å². The number of nitrogens with two attached hydrogens (primary N) is 1. The molecule has 4 nitrogen and oxygen atoms in total. The van der Waals surface area contributed by atoms with E-state index in [4.69, 9.17) is 10.5 Å². The first-order valence-corrected chi connectivity index (χ1v) is 5.88. The molecule has 0 aliphatic rings. The van der Waals surface area contributed by atoms with Crippen molar-refractivity contribution in [2.24, 2.45) is 0 Å². The quantitative estimate of drug-likeness (QED) is 0.888. The second-order valence-corrected chi connectivity index (χ2v) is 4.24. The molecule has 3 N–H and O–H groups in total. The normalized spacial score (nSPS) is 10.3. The van der Waals surface area contributed by atoms with Crippen molar-refractivity contribution in [3.05, 3.63) is 47.4 Å². The molecule has 1 aromatic heterocycles. The van der Waals surface area contributed by atoms with Gasteiger partial charge in [-0.3, -0.25) is 0 Å². The summed E-state index contributed by atoms with van der Waals surface area (Å²) < 4.78 is 18.4. The van der Waals surface area contributed by atoms with Crippen LogP contribution in [0.25, 0.3) is 0 Å². The molecule has 0 bridgehead atoms. The van der Waals surface area contributed by atoms with Crippen LogP contribution < -0.4 is 15.8 Å². The van der Waals surface area contributed by atoms with Crippen LogP contribution in [0.1, 0.15) is 11.1 Å². The molecule has 0 aliphatic heterocycles. The standard InChI is InChI=1S/C14H16FN3O/c1-9-5-14(18-8-12(9)16)17-7-10-6-11(15)3-4-13(10)19-2/h3-6,8H,7,16H2,1-2H3,(H,17,18). The maximum absolute atomic E-state index is 13.2. The molecular formula is C14H16FN3O. The summed E-state index contributed by atoms with van der Waals surface area (Å²) >= 11 is 0. The Bertz CT molecular complexity index is 587. The van der Waals surface area contributed by atoms with E-state index in [1.54, 1.807) is 19.4 Å². The summed E-state index contributed by atoms with van der Waals surface area (Å²) in [6.45, 7) is 2.34. The maximum atomic E-state index is 13.2. The number of nitrogens with zero attached hydrogens (tertiary/aromatic N) is 1. The number of aryl methyl sites for hydroxylation is 1. The predicted molar refractivity (Wildman–Crippen MR) is 73.7 cm³/mol. The molecule has 0 fully saturated rings. The predicted octanol–water partition coefficient (Wildman–Crippen LogP) is 2.73. The molecular weight excluding hydrogens is 245 g/mol. The fraction of sp³-hybridized carbons (Fsp3) is 0.214. The lowest BCUT2D eigenvalue weighted by atomic mass is 10.2. The summed E-state index contributed by atoms with van der Waals surface area (Å²) in [5.74, 6) is 1.04. The molecule has 2 rings (SSSR count). The van der Waals surface area contributed by atoms with Crippen LogP contribution in [0, 0.1) is 12.7 Å². The molecule has 19 heavy (non-hydrogen) atoms. The molecule has 0 spiro atoms. The Morgan fingerprint density at radius 2 is 2.16 bits per heavy atom. The average Bonchev–Trinajstić information content (AvgIpc) is 2.40. The van der Waals surface area contributed by atoms with Crippen LogP contribution >= 0.6 is 0 Å². The summed E-state index contributed by atoms with van der Waals surface area (Å²) in [6.07, 6.45) is 1.60. The number of anilines is 2. The van der Waals surface area contributed by atoms with Gasteiger partial charge in [0.05, 0.1) is 19.0 Å². The minimum absolute atomic E-state index is 0.293. The smallest absolute Gasteiger partial charge is 0.126 e. The molecule has 0 saturated carbocycles. The van der Waals surface area contributed by atoms with E-state index in [-0.39, 0.29) is 5.82 Å². The van der Waals surface area contributed by atoms with E-state index in [0.717, 1.165) is 11.1 Å². The molecule has 1 heterocycles. The molecule has 0 atom stereocenters. The molecule has 5 heteroatoms. The number of nitrogens with one attached hydrogen (secondary N) is 1. The van der Waals surface area contributed by atoms with E-state index < -0.39 is 0 Å². The number of ether oxygens (including phenoxy) is 1. The SMILES string of the molecule is COc1ccc(F)cc1CNc1cc(C)c(N)cn1. The highest BCUT2D eigenvalue weighted by molar-refractivity contribution is 5.51. The van der Waals surface area contributed by atoms with Gasteiger partial charge in [0.2, 0.25) is 0 Å². The lowest BCUT2D eigenvalue weighted by molar-refractivity contribution is 0.409. The first-order chi connectivity index (χ1) is 9.10. The fourth-order valence-corrected chi connectivity index (χ4v) is 1.73. The van der Waals surface area contributed by atoms with Gasteiger partial charge in [0.15, 0.2) is 0 Å². The van der Waals surface area contributed by atoms with Crippen LogP contribution in [0.3, 0.4) is 0 Å². The number of hydrogen-bond acceptors (Lipinski definition) is 4. The summed E-state index contributed by atoms with van der Waals surface area (Å²) in [7, 11) is 1.56. The third kappa shape index (κ3) is 3.13. The maximum Gasteiger partial charge on any atom is 0.126 e. The second kappa shape index (κ2) is 5.56.